The number of thiocarbonyl (C=S) groups is 1. The van der Waals surface area contributed by atoms with Crippen molar-refractivity contribution in [3.05, 3.63) is 16.0 Å². The minimum absolute atomic E-state index is 0.206. The monoisotopic (exact) mass is 394 g/mol. The lowest BCUT2D eigenvalue weighted by Crippen LogP contribution is -2.44. The second-order valence-electron chi connectivity index (χ2n) is 7.31. The van der Waals surface area contributed by atoms with E-state index < -0.39 is 0 Å². The Balaban J connectivity index is 1.88. The van der Waals surface area contributed by atoms with Gasteiger partial charge in [-0.15, -0.1) is 11.3 Å². The van der Waals surface area contributed by atoms with E-state index in [0.29, 0.717) is 12.6 Å². The first-order chi connectivity index (χ1) is 12.6. The molecule has 144 valence electrons. The van der Waals surface area contributed by atoms with Crippen molar-refractivity contribution in [2.45, 2.75) is 77.7 Å². The van der Waals surface area contributed by atoms with Gasteiger partial charge in [-0.25, -0.2) is 4.79 Å². The van der Waals surface area contributed by atoms with Crippen LogP contribution in [0.15, 0.2) is 0 Å². The molecule has 2 heterocycles. The molecule has 1 aromatic heterocycles. The number of likely N-dealkylation sites (tertiary alicyclic amines) is 1. The largest absolute Gasteiger partial charge is 0.462 e. The first kappa shape index (κ1) is 19.6. The predicted molar refractivity (Wildman–Crippen MR) is 112 cm³/mol. The SMILES string of the molecule is CCOC(=O)c1c(NC(=S)N2CCCC[C@@H]2C)sc2c1CCCCCC2. The van der Waals surface area contributed by atoms with Crippen molar-refractivity contribution >= 4 is 39.6 Å². The van der Waals surface area contributed by atoms with Gasteiger partial charge in [-0.1, -0.05) is 12.8 Å². The Morgan fingerprint density at radius 1 is 1.23 bits per heavy atom. The van der Waals surface area contributed by atoms with E-state index in [-0.39, 0.29) is 5.97 Å². The molecule has 1 aliphatic carbocycles. The van der Waals surface area contributed by atoms with E-state index in [1.165, 1.54) is 49.0 Å². The Kier molecular flexibility index (Phi) is 6.92. The van der Waals surface area contributed by atoms with Gasteiger partial charge in [0.2, 0.25) is 0 Å². The summed E-state index contributed by atoms with van der Waals surface area (Å²) >= 11 is 7.41. The minimum Gasteiger partial charge on any atom is -0.462 e. The number of nitrogens with one attached hydrogen (secondary N) is 1. The number of carbonyl (C=O) groups is 1. The Morgan fingerprint density at radius 3 is 2.73 bits per heavy atom. The molecule has 4 nitrogen and oxygen atoms in total. The van der Waals surface area contributed by atoms with Crippen LogP contribution < -0.4 is 5.32 Å². The highest BCUT2D eigenvalue weighted by atomic mass is 32.1. The standard InChI is InChI=1S/C20H30N2O2S2/c1-3-24-19(23)17-15-11-6-4-5-7-12-16(15)26-18(17)21-20(25)22-13-9-8-10-14(22)2/h14H,3-13H2,1-2H3,(H,21,25)/t14-/m0/s1. The predicted octanol–water partition coefficient (Wildman–Crippen LogP) is 5.16. The zero-order chi connectivity index (χ0) is 18.5. The fourth-order valence-corrected chi connectivity index (χ4v) is 5.71. The van der Waals surface area contributed by atoms with E-state index in [2.05, 4.69) is 17.1 Å². The van der Waals surface area contributed by atoms with Crippen LogP contribution in [-0.2, 0) is 17.6 Å². The fourth-order valence-electron chi connectivity index (χ4n) is 4.00. The molecule has 1 aliphatic heterocycles. The molecule has 2 aliphatic rings. The molecule has 1 atom stereocenters. The molecular weight excluding hydrogens is 364 g/mol. The van der Waals surface area contributed by atoms with Crippen molar-refractivity contribution in [2.24, 2.45) is 0 Å². The Labute approximate surface area is 166 Å². The summed E-state index contributed by atoms with van der Waals surface area (Å²) in [5, 5.41) is 5.06. The lowest BCUT2D eigenvalue weighted by atomic mass is 9.96. The lowest BCUT2D eigenvalue weighted by molar-refractivity contribution is 0.0526. The molecule has 1 fully saturated rings. The van der Waals surface area contributed by atoms with E-state index in [1.807, 2.05) is 6.92 Å². The van der Waals surface area contributed by atoms with Crippen LogP contribution in [0.3, 0.4) is 0 Å². The van der Waals surface area contributed by atoms with Crippen molar-refractivity contribution in [3.8, 4) is 0 Å². The smallest absolute Gasteiger partial charge is 0.341 e. The Hall–Kier alpha value is -1.14. The normalized spacial score (nSPS) is 20.7. The van der Waals surface area contributed by atoms with Gasteiger partial charge in [0.25, 0.3) is 0 Å². The van der Waals surface area contributed by atoms with Gasteiger partial charge >= 0.3 is 5.97 Å². The number of rotatable bonds is 3. The van der Waals surface area contributed by atoms with Crippen molar-refractivity contribution < 1.29 is 9.53 Å². The van der Waals surface area contributed by atoms with Crippen LogP contribution in [0.1, 0.15) is 79.6 Å². The second-order valence-corrected chi connectivity index (χ2v) is 8.80. The van der Waals surface area contributed by atoms with Crippen molar-refractivity contribution in [1.29, 1.82) is 0 Å². The molecule has 6 heteroatoms. The van der Waals surface area contributed by atoms with Crippen LogP contribution in [-0.4, -0.2) is 35.2 Å². The van der Waals surface area contributed by atoms with Gasteiger partial charge in [0.05, 0.1) is 12.2 Å². The summed E-state index contributed by atoms with van der Waals surface area (Å²) in [4.78, 5) is 16.3. The van der Waals surface area contributed by atoms with Crippen LogP contribution in [0, 0.1) is 0 Å². The van der Waals surface area contributed by atoms with Crippen LogP contribution in [0.25, 0.3) is 0 Å². The molecule has 26 heavy (non-hydrogen) atoms. The number of fused-ring (bicyclic) bond motifs is 1. The molecule has 1 saturated heterocycles. The van der Waals surface area contributed by atoms with Gasteiger partial charge in [-0.05, 0) is 76.6 Å². The highest BCUT2D eigenvalue weighted by Crippen LogP contribution is 2.38. The number of ether oxygens (including phenoxy) is 1. The number of nitrogens with zero attached hydrogens (tertiary/aromatic N) is 1. The maximum atomic E-state index is 12.7. The van der Waals surface area contributed by atoms with E-state index in [4.69, 9.17) is 17.0 Å². The van der Waals surface area contributed by atoms with E-state index in [9.17, 15) is 4.79 Å². The van der Waals surface area contributed by atoms with Gasteiger partial charge in [-0.3, -0.25) is 0 Å². The van der Waals surface area contributed by atoms with Crippen LogP contribution in [0.5, 0.6) is 0 Å². The first-order valence-electron chi connectivity index (χ1n) is 10.0. The Bertz CT molecular complexity index is 656. The summed E-state index contributed by atoms with van der Waals surface area (Å²) in [6, 6.07) is 0.454. The minimum atomic E-state index is -0.206. The molecule has 1 aromatic rings. The van der Waals surface area contributed by atoms with E-state index >= 15 is 0 Å². The number of esters is 1. The second kappa shape index (κ2) is 9.18. The zero-order valence-electron chi connectivity index (χ0n) is 15.9. The molecule has 0 aromatic carbocycles. The highest BCUT2D eigenvalue weighted by molar-refractivity contribution is 7.80. The molecule has 1 N–H and O–H groups in total. The molecule has 0 saturated carbocycles. The van der Waals surface area contributed by atoms with Crippen molar-refractivity contribution in [3.63, 3.8) is 0 Å². The van der Waals surface area contributed by atoms with Gasteiger partial charge in [-0.2, -0.15) is 0 Å². The molecule has 0 radical (unpaired) electrons. The van der Waals surface area contributed by atoms with Crippen molar-refractivity contribution in [1.82, 2.24) is 4.90 Å². The number of anilines is 1. The topological polar surface area (TPSA) is 41.6 Å². The molecular formula is C20H30N2O2S2. The maximum absolute atomic E-state index is 12.7. The summed E-state index contributed by atoms with van der Waals surface area (Å²) < 4.78 is 5.38. The third-order valence-electron chi connectivity index (χ3n) is 5.44. The molecule has 3 rings (SSSR count). The van der Waals surface area contributed by atoms with Crippen molar-refractivity contribution in [2.75, 3.05) is 18.5 Å². The molecule has 0 amide bonds. The average Bonchev–Trinajstić information content (AvgIpc) is 2.92. The molecule has 0 unspecified atom stereocenters. The molecule has 0 spiro atoms. The lowest BCUT2D eigenvalue weighted by Gasteiger charge is -2.35. The summed E-state index contributed by atoms with van der Waals surface area (Å²) in [5.41, 5.74) is 1.94. The first-order valence-corrected chi connectivity index (χ1v) is 11.2. The third-order valence-corrected chi connectivity index (χ3v) is 6.98. The van der Waals surface area contributed by atoms with E-state index in [1.54, 1.807) is 11.3 Å². The number of thiophene rings is 1. The van der Waals surface area contributed by atoms with E-state index in [0.717, 1.165) is 41.5 Å². The summed E-state index contributed by atoms with van der Waals surface area (Å²) in [5.74, 6) is -0.206. The Morgan fingerprint density at radius 2 is 2.00 bits per heavy atom. The summed E-state index contributed by atoms with van der Waals surface area (Å²) in [6.07, 6.45) is 10.5. The van der Waals surface area contributed by atoms with Gasteiger partial charge in [0.15, 0.2) is 5.11 Å². The molecule has 0 bridgehead atoms. The van der Waals surface area contributed by atoms with Gasteiger partial charge in [0.1, 0.15) is 5.00 Å². The number of aryl methyl sites for hydroxylation is 1. The number of hydrogen-bond acceptors (Lipinski definition) is 4. The van der Waals surface area contributed by atoms with Crippen LogP contribution in [0.2, 0.25) is 0 Å². The zero-order valence-corrected chi connectivity index (χ0v) is 17.6. The average molecular weight is 395 g/mol. The number of carbonyl (C=O) groups excluding carboxylic acids is 1. The van der Waals surface area contributed by atoms with Crippen LogP contribution >= 0.6 is 23.6 Å². The highest BCUT2D eigenvalue weighted by Gasteiger charge is 2.27. The maximum Gasteiger partial charge on any atom is 0.341 e. The summed E-state index contributed by atoms with van der Waals surface area (Å²) in [7, 11) is 0. The van der Waals surface area contributed by atoms with Gasteiger partial charge < -0.3 is 15.0 Å². The summed E-state index contributed by atoms with van der Waals surface area (Å²) in [6.45, 7) is 5.48. The quantitative estimate of drug-likeness (QED) is 0.567. The number of hydrogen-bond donors (Lipinski definition) is 1. The number of piperidine rings is 1. The van der Waals surface area contributed by atoms with Gasteiger partial charge in [0, 0.05) is 17.5 Å². The fraction of sp³-hybridized carbons (Fsp3) is 0.700. The van der Waals surface area contributed by atoms with Crippen LogP contribution in [0.4, 0.5) is 5.00 Å². The third kappa shape index (κ3) is 4.39.